The minimum atomic E-state index is -4.89. The lowest BCUT2D eigenvalue weighted by Gasteiger charge is -2.22. The van der Waals surface area contributed by atoms with Crippen LogP contribution in [0.3, 0.4) is 0 Å². The molecule has 1 atom stereocenters. The number of aryl methyl sites for hydroxylation is 1. The molecule has 0 aliphatic carbocycles. The maximum Gasteiger partial charge on any atom is 0.454 e. The minimum absolute atomic E-state index is 0.291. The van der Waals surface area contributed by atoms with E-state index in [1.807, 2.05) is 19.1 Å². The van der Waals surface area contributed by atoms with Crippen LogP contribution in [0.15, 0.2) is 36.5 Å². The van der Waals surface area contributed by atoms with Crippen molar-refractivity contribution in [3.63, 3.8) is 0 Å². The van der Waals surface area contributed by atoms with Crippen molar-refractivity contribution < 1.29 is 22.8 Å². The molecule has 0 unspecified atom stereocenters. The van der Waals surface area contributed by atoms with E-state index < -0.39 is 18.0 Å². The Labute approximate surface area is 132 Å². The number of nitrogens with one attached hydrogen (secondary N) is 1. The molecule has 4 nitrogen and oxygen atoms in total. The molecule has 0 spiro atoms. The fourth-order valence-corrected chi connectivity index (χ4v) is 2.44. The number of carbonyl (C=O) groups excluding carboxylic acids is 2. The van der Waals surface area contributed by atoms with Gasteiger partial charge in [0.2, 0.25) is 5.91 Å². The van der Waals surface area contributed by atoms with Crippen LogP contribution in [0.25, 0.3) is 0 Å². The molecule has 1 amide bonds. The van der Waals surface area contributed by atoms with Crippen LogP contribution < -0.4 is 5.32 Å². The van der Waals surface area contributed by atoms with Crippen molar-refractivity contribution in [1.29, 1.82) is 0 Å². The van der Waals surface area contributed by atoms with Gasteiger partial charge < -0.3 is 10.2 Å². The SMILES string of the molecule is Cc1ccccc1NC(=O)[C@@H]1CCCN1/C=C/C(=O)C(F)(F)F. The van der Waals surface area contributed by atoms with Gasteiger partial charge in [-0.2, -0.15) is 13.2 Å². The van der Waals surface area contributed by atoms with E-state index >= 15 is 0 Å². The fourth-order valence-electron chi connectivity index (χ4n) is 2.44. The number of para-hydroxylation sites is 1. The molecular weight excluding hydrogens is 309 g/mol. The molecule has 0 aromatic heterocycles. The Morgan fingerprint density at radius 3 is 2.65 bits per heavy atom. The van der Waals surface area contributed by atoms with Crippen molar-refractivity contribution in [2.24, 2.45) is 0 Å². The number of halogens is 3. The maximum atomic E-state index is 12.3. The average molecular weight is 326 g/mol. The summed E-state index contributed by atoms with van der Waals surface area (Å²) in [5.41, 5.74) is 1.56. The topological polar surface area (TPSA) is 49.4 Å². The molecule has 1 aromatic carbocycles. The van der Waals surface area contributed by atoms with Crippen LogP contribution in [0.4, 0.5) is 18.9 Å². The smallest absolute Gasteiger partial charge is 0.365 e. The molecule has 0 radical (unpaired) electrons. The molecular formula is C16H17F3N2O2. The standard InChI is InChI=1S/C16H17F3N2O2/c1-11-5-2-3-6-12(11)20-15(23)13-7-4-9-21(13)10-8-14(22)16(17,18)19/h2-3,5-6,8,10,13H,4,7,9H2,1H3,(H,20,23)/b10-8+/t13-/m0/s1. The van der Waals surface area contributed by atoms with E-state index in [4.69, 9.17) is 0 Å². The Morgan fingerprint density at radius 2 is 2.00 bits per heavy atom. The number of hydrogen-bond donors (Lipinski definition) is 1. The molecule has 1 aromatic rings. The number of benzene rings is 1. The van der Waals surface area contributed by atoms with Gasteiger partial charge in [0.15, 0.2) is 0 Å². The lowest BCUT2D eigenvalue weighted by Crippen LogP contribution is -2.37. The Hall–Kier alpha value is -2.31. The molecule has 23 heavy (non-hydrogen) atoms. The first-order valence-electron chi connectivity index (χ1n) is 7.20. The van der Waals surface area contributed by atoms with Gasteiger partial charge in [-0.25, -0.2) is 0 Å². The van der Waals surface area contributed by atoms with Gasteiger partial charge in [0.05, 0.1) is 0 Å². The highest BCUT2D eigenvalue weighted by Crippen LogP contribution is 2.22. The zero-order chi connectivity index (χ0) is 17.0. The Kier molecular flexibility index (Phi) is 5.08. The Bertz CT molecular complexity index is 626. The van der Waals surface area contributed by atoms with E-state index in [2.05, 4.69) is 5.32 Å². The summed E-state index contributed by atoms with van der Waals surface area (Å²) >= 11 is 0. The minimum Gasteiger partial charge on any atom is -0.365 e. The third-order valence-corrected chi connectivity index (χ3v) is 3.70. The van der Waals surface area contributed by atoms with Crippen LogP contribution in [0.1, 0.15) is 18.4 Å². The second-order valence-electron chi connectivity index (χ2n) is 5.38. The predicted molar refractivity (Wildman–Crippen MR) is 79.7 cm³/mol. The van der Waals surface area contributed by atoms with Gasteiger partial charge in [0.25, 0.3) is 5.78 Å². The molecule has 0 saturated carbocycles. The number of allylic oxidation sites excluding steroid dienone is 1. The van der Waals surface area contributed by atoms with Gasteiger partial charge in [-0.15, -0.1) is 0 Å². The fraction of sp³-hybridized carbons (Fsp3) is 0.375. The van der Waals surface area contributed by atoms with Crippen LogP contribution in [-0.4, -0.2) is 35.4 Å². The number of nitrogens with zero attached hydrogens (tertiary/aromatic N) is 1. The van der Waals surface area contributed by atoms with E-state index in [-0.39, 0.29) is 5.91 Å². The van der Waals surface area contributed by atoms with Crippen LogP contribution in [0, 0.1) is 6.92 Å². The second-order valence-corrected chi connectivity index (χ2v) is 5.38. The number of anilines is 1. The third-order valence-electron chi connectivity index (χ3n) is 3.70. The molecule has 7 heteroatoms. The maximum absolute atomic E-state index is 12.3. The zero-order valence-electron chi connectivity index (χ0n) is 12.6. The first-order valence-corrected chi connectivity index (χ1v) is 7.20. The van der Waals surface area contributed by atoms with Crippen LogP contribution in [-0.2, 0) is 9.59 Å². The summed E-state index contributed by atoms with van der Waals surface area (Å²) in [5, 5.41) is 2.78. The first-order chi connectivity index (χ1) is 10.8. The van der Waals surface area contributed by atoms with Gasteiger partial charge in [-0.3, -0.25) is 9.59 Å². The highest BCUT2D eigenvalue weighted by Gasteiger charge is 2.37. The van der Waals surface area contributed by atoms with Gasteiger partial charge in [0, 0.05) is 24.5 Å². The molecule has 1 saturated heterocycles. The summed E-state index contributed by atoms with van der Waals surface area (Å²) in [4.78, 5) is 24.7. The summed E-state index contributed by atoms with van der Waals surface area (Å²) < 4.78 is 36.6. The molecule has 0 bridgehead atoms. The zero-order valence-corrected chi connectivity index (χ0v) is 12.6. The monoisotopic (exact) mass is 326 g/mol. The summed E-state index contributed by atoms with van der Waals surface area (Å²) in [6.45, 7) is 2.29. The van der Waals surface area contributed by atoms with E-state index in [1.165, 1.54) is 4.90 Å². The number of likely N-dealkylation sites (tertiary alicyclic amines) is 1. The molecule has 1 heterocycles. The number of rotatable bonds is 4. The van der Waals surface area contributed by atoms with Crippen LogP contribution in [0.2, 0.25) is 0 Å². The highest BCUT2D eigenvalue weighted by atomic mass is 19.4. The summed E-state index contributed by atoms with van der Waals surface area (Å²) in [5.74, 6) is -2.22. The van der Waals surface area contributed by atoms with Crippen molar-refractivity contribution in [3.05, 3.63) is 42.1 Å². The molecule has 1 fully saturated rings. The van der Waals surface area contributed by atoms with Crippen molar-refractivity contribution in [1.82, 2.24) is 4.90 Å². The van der Waals surface area contributed by atoms with Gasteiger partial charge in [-0.1, -0.05) is 18.2 Å². The second kappa shape index (κ2) is 6.85. The van der Waals surface area contributed by atoms with E-state index in [0.29, 0.717) is 31.1 Å². The Morgan fingerprint density at radius 1 is 1.30 bits per heavy atom. The predicted octanol–water partition coefficient (Wildman–Crippen LogP) is 3.04. The van der Waals surface area contributed by atoms with Gasteiger partial charge in [0.1, 0.15) is 6.04 Å². The van der Waals surface area contributed by atoms with Gasteiger partial charge in [-0.05, 0) is 31.4 Å². The number of ketones is 1. The normalized spacial score (nSPS) is 18.4. The van der Waals surface area contributed by atoms with E-state index in [0.717, 1.165) is 11.8 Å². The number of carbonyl (C=O) groups is 2. The van der Waals surface area contributed by atoms with Crippen molar-refractivity contribution in [3.8, 4) is 0 Å². The summed E-state index contributed by atoms with van der Waals surface area (Å²) in [6.07, 6.45) is -2.15. The molecule has 2 rings (SSSR count). The third kappa shape index (κ3) is 4.34. The van der Waals surface area contributed by atoms with E-state index in [1.54, 1.807) is 12.1 Å². The van der Waals surface area contributed by atoms with Crippen molar-refractivity contribution >= 4 is 17.4 Å². The lowest BCUT2D eigenvalue weighted by atomic mass is 10.1. The lowest BCUT2D eigenvalue weighted by molar-refractivity contribution is -0.165. The van der Waals surface area contributed by atoms with Crippen molar-refractivity contribution in [2.75, 3.05) is 11.9 Å². The largest absolute Gasteiger partial charge is 0.454 e. The molecule has 124 valence electrons. The van der Waals surface area contributed by atoms with Gasteiger partial charge >= 0.3 is 6.18 Å². The molecule has 1 N–H and O–H groups in total. The highest BCUT2D eigenvalue weighted by molar-refractivity contribution is 5.96. The summed E-state index contributed by atoms with van der Waals surface area (Å²) in [7, 11) is 0. The number of amides is 1. The number of alkyl halides is 3. The summed E-state index contributed by atoms with van der Waals surface area (Å²) in [6, 6.07) is 6.67. The average Bonchev–Trinajstić information content (AvgIpc) is 2.94. The van der Waals surface area contributed by atoms with E-state index in [9.17, 15) is 22.8 Å². The van der Waals surface area contributed by atoms with Crippen molar-refractivity contribution in [2.45, 2.75) is 32.0 Å². The van der Waals surface area contributed by atoms with Crippen LogP contribution >= 0.6 is 0 Å². The quantitative estimate of drug-likeness (QED) is 0.865. The molecule has 1 aliphatic heterocycles. The first kappa shape index (κ1) is 17.1. The number of hydrogen-bond acceptors (Lipinski definition) is 3. The van der Waals surface area contributed by atoms with Crippen LogP contribution in [0.5, 0.6) is 0 Å². The molecule has 1 aliphatic rings. The Balaban J connectivity index is 2.04.